The predicted octanol–water partition coefficient (Wildman–Crippen LogP) is 2.21. The Bertz CT molecular complexity index is 622. The van der Waals surface area contributed by atoms with Gasteiger partial charge in [0, 0.05) is 18.9 Å². The highest BCUT2D eigenvalue weighted by Crippen LogP contribution is 2.22. The Hall–Kier alpha value is -1.77. The van der Waals surface area contributed by atoms with Crippen LogP contribution in [-0.2, 0) is 25.9 Å². The van der Waals surface area contributed by atoms with E-state index in [-0.39, 0.29) is 5.69 Å². The number of fused-ring (bicyclic) bond motifs is 1. The molecule has 0 saturated heterocycles. The third kappa shape index (κ3) is 1.90. The summed E-state index contributed by atoms with van der Waals surface area (Å²) in [5.74, 6) is 0. The molecule has 0 saturated carbocycles. The van der Waals surface area contributed by atoms with Crippen LogP contribution in [0.25, 0.3) is 0 Å². The smallest absolute Gasteiger partial charge is 0.300 e. The lowest BCUT2D eigenvalue weighted by atomic mass is 10.1. The number of aryl methyl sites for hydroxylation is 3. The summed E-state index contributed by atoms with van der Waals surface area (Å²) in [5.41, 5.74) is 4.26. The van der Waals surface area contributed by atoms with Crippen molar-refractivity contribution in [3.05, 3.63) is 57.8 Å². The maximum absolute atomic E-state index is 12.0. The average molecular weight is 242 g/mol. The first-order chi connectivity index (χ1) is 8.78. The molecule has 0 unspecified atom stereocenters. The normalized spacial score (nSPS) is 13.8. The highest BCUT2D eigenvalue weighted by atomic mass is 16.1. The van der Waals surface area contributed by atoms with E-state index in [4.69, 9.17) is 0 Å². The summed E-state index contributed by atoms with van der Waals surface area (Å²) in [4.78, 5) is 12.0. The summed E-state index contributed by atoms with van der Waals surface area (Å²) in [5, 5.41) is 0. The van der Waals surface area contributed by atoms with Gasteiger partial charge in [-0.1, -0.05) is 18.2 Å². The van der Waals surface area contributed by atoms with Crippen LogP contribution in [0.2, 0.25) is 0 Å². The van der Waals surface area contributed by atoms with Gasteiger partial charge in [-0.2, -0.15) is 0 Å². The lowest BCUT2D eigenvalue weighted by Crippen LogP contribution is -2.23. The minimum atomic E-state index is 0.0815. The predicted molar refractivity (Wildman–Crippen MR) is 71.9 cm³/mol. The molecular weight excluding hydrogens is 224 g/mol. The second-order valence-corrected chi connectivity index (χ2v) is 4.95. The maximum Gasteiger partial charge on any atom is 0.328 e. The van der Waals surface area contributed by atoms with E-state index in [1.165, 1.54) is 36.0 Å². The van der Waals surface area contributed by atoms with E-state index in [2.05, 4.69) is 18.2 Å². The van der Waals surface area contributed by atoms with E-state index in [0.29, 0.717) is 6.54 Å². The Balaban J connectivity index is 1.88. The molecule has 1 aromatic carbocycles. The van der Waals surface area contributed by atoms with Crippen LogP contribution in [0, 0.1) is 0 Å². The molecule has 0 aliphatic heterocycles. The van der Waals surface area contributed by atoms with Crippen molar-refractivity contribution >= 4 is 0 Å². The first-order valence-corrected chi connectivity index (χ1v) is 6.64. The summed E-state index contributed by atoms with van der Waals surface area (Å²) in [7, 11) is 0. The molecule has 18 heavy (non-hydrogen) atoms. The fraction of sp³-hybridized carbons (Fsp3) is 0.400. The van der Waals surface area contributed by atoms with Gasteiger partial charge in [0.1, 0.15) is 0 Å². The Kier molecular flexibility index (Phi) is 2.82. The Labute approximate surface area is 107 Å². The van der Waals surface area contributed by atoms with Gasteiger partial charge in [0.15, 0.2) is 0 Å². The molecular formula is C15H18N2O. The van der Waals surface area contributed by atoms with Gasteiger partial charge in [0.25, 0.3) is 0 Å². The van der Waals surface area contributed by atoms with E-state index in [1.807, 2.05) is 19.3 Å². The van der Waals surface area contributed by atoms with Crippen LogP contribution in [0.3, 0.4) is 0 Å². The second kappa shape index (κ2) is 4.48. The lowest BCUT2D eigenvalue weighted by molar-refractivity contribution is 0.668. The molecule has 1 aliphatic rings. The minimum Gasteiger partial charge on any atom is -0.300 e. The summed E-state index contributed by atoms with van der Waals surface area (Å²) in [6.07, 6.45) is 7.40. The van der Waals surface area contributed by atoms with Gasteiger partial charge in [0.2, 0.25) is 0 Å². The number of nitrogens with zero attached hydrogens (tertiary/aromatic N) is 2. The first-order valence-electron chi connectivity index (χ1n) is 6.64. The highest BCUT2D eigenvalue weighted by Gasteiger charge is 2.11. The Morgan fingerprint density at radius 2 is 1.89 bits per heavy atom. The van der Waals surface area contributed by atoms with Crippen molar-refractivity contribution in [2.75, 3.05) is 0 Å². The molecule has 0 N–H and O–H groups in total. The molecule has 2 aromatic rings. The molecule has 1 heterocycles. The van der Waals surface area contributed by atoms with Crippen LogP contribution in [0.4, 0.5) is 0 Å². The van der Waals surface area contributed by atoms with Crippen LogP contribution >= 0.6 is 0 Å². The highest BCUT2D eigenvalue weighted by molar-refractivity contribution is 5.35. The molecule has 0 atom stereocenters. The fourth-order valence-electron chi connectivity index (χ4n) is 2.73. The van der Waals surface area contributed by atoms with E-state index in [9.17, 15) is 4.79 Å². The SMILES string of the molecule is CCn1ccn(Cc2ccc3c(c2)CCC3)c1=O. The first kappa shape index (κ1) is 11.3. The third-order valence-corrected chi connectivity index (χ3v) is 3.77. The molecule has 3 heteroatoms. The van der Waals surface area contributed by atoms with Crippen molar-refractivity contribution in [1.82, 2.24) is 9.13 Å². The fourth-order valence-corrected chi connectivity index (χ4v) is 2.73. The molecule has 0 amide bonds. The number of benzene rings is 1. The summed E-state index contributed by atoms with van der Waals surface area (Å²) >= 11 is 0. The van der Waals surface area contributed by atoms with E-state index < -0.39 is 0 Å². The zero-order valence-corrected chi connectivity index (χ0v) is 10.7. The van der Waals surface area contributed by atoms with Crippen molar-refractivity contribution in [1.29, 1.82) is 0 Å². The van der Waals surface area contributed by atoms with Crippen molar-refractivity contribution in [2.24, 2.45) is 0 Å². The molecule has 0 fully saturated rings. The number of imidazole rings is 1. The van der Waals surface area contributed by atoms with Crippen molar-refractivity contribution in [3.8, 4) is 0 Å². The second-order valence-electron chi connectivity index (χ2n) is 4.95. The quantitative estimate of drug-likeness (QED) is 0.810. The van der Waals surface area contributed by atoms with Gasteiger partial charge in [-0.3, -0.25) is 9.13 Å². The molecule has 0 radical (unpaired) electrons. The van der Waals surface area contributed by atoms with Crippen LogP contribution in [-0.4, -0.2) is 9.13 Å². The van der Waals surface area contributed by atoms with Gasteiger partial charge < -0.3 is 0 Å². The standard InChI is InChI=1S/C15H18N2O/c1-2-16-8-9-17(15(16)18)11-12-6-7-13-4-3-5-14(13)10-12/h6-10H,2-5,11H2,1H3. The summed E-state index contributed by atoms with van der Waals surface area (Å²) in [6.45, 7) is 3.40. The van der Waals surface area contributed by atoms with Crippen molar-refractivity contribution < 1.29 is 0 Å². The van der Waals surface area contributed by atoms with Crippen molar-refractivity contribution in [3.63, 3.8) is 0 Å². The van der Waals surface area contributed by atoms with Crippen LogP contribution in [0.5, 0.6) is 0 Å². The molecule has 94 valence electrons. The maximum atomic E-state index is 12.0. The number of hydrogen-bond acceptors (Lipinski definition) is 1. The number of aromatic nitrogens is 2. The lowest BCUT2D eigenvalue weighted by Gasteiger charge is -2.05. The Morgan fingerprint density at radius 1 is 1.11 bits per heavy atom. The number of hydrogen-bond donors (Lipinski definition) is 0. The molecule has 3 rings (SSSR count). The van der Waals surface area contributed by atoms with Crippen LogP contribution in [0.1, 0.15) is 30.0 Å². The number of rotatable bonds is 3. The zero-order valence-electron chi connectivity index (χ0n) is 10.7. The zero-order chi connectivity index (χ0) is 12.5. The molecule has 0 spiro atoms. The summed E-state index contributed by atoms with van der Waals surface area (Å²) in [6, 6.07) is 6.64. The van der Waals surface area contributed by atoms with Gasteiger partial charge in [-0.05, 0) is 42.9 Å². The Morgan fingerprint density at radius 3 is 2.67 bits per heavy atom. The van der Waals surface area contributed by atoms with E-state index in [1.54, 1.807) is 9.13 Å². The minimum absolute atomic E-state index is 0.0815. The van der Waals surface area contributed by atoms with Gasteiger partial charge >= 0.3 is 5.69 Å². The average Bonchev–Trinajstić information content (AvgIpc) is 2.97. The van der Waals surface area contributed by atoms with Crippen molar-refractivity contribution in [2.45, 2.75) is 39.3 Å². The van der Waals surface area contributed by atoms with Crippen LogP contribution < -0.4 is 5.69 Å². The van der Waals surface area contributed by atoms with E-state index in [0.717, 1.165) is 6.54 Å². The molecule has 3 nitrogen and oxygen atoms in total. The molecule has 0 bridgehead atoms. The van der Waals surface area contributed by atoms with Crippen LogP contribution in [0.15, 0.2) is 35.4 Å². The third-order valence-electron chi connectivity index (χ3n) is 3.77. The monoisotopic (exact) mass is 242 g/mol. The van der Waals surface area contributed by atoms with Gasteiger partial charge in [-0.25, -0.2) is 4.79 Å². The largest absolute Gasteiger partial charge is 0.328 e. The summed E-state index contributed by atoms with van der Waals surface area (Å²) < 4.78 is 3.51. The molecule has 1 aromatic heterocycles. The van der Waals surface area contributed by atoms with Gasteiger partial charge in [0.05, 0.1) is 6.54 Å². The van der Waals surface area contributed by atoms with Gasteiger partial charge in [-0.15, -0.1) is 0 Å². The topological polar surface area (TPSA) is 26.9 Å². The van der Waals surface area contributed by atoms with E-state index >= 15 is 0 Å². The molecule has 1 aliphatic carbocycles.